The third kappa shape index (κ3) is 6.44. The van der Waals surface area contributed by atoms with Gasteiger partial charge in [-0.15, -0.1) is 11.3 Å². The molecule has 3 aliphatic heterocycles. The molecule has 0 saturated carbocycles. The first-order valence-corrected chi connectivity index (χ1v) is 24.5. The lowest BCUT2D eigenvalue weighted by atomic mass is 9.33. The Morgan fingerprint density at radius 2 is 1.12 bits per heavy atom. The molecule has 0 N–H and O–H groups in total. The first kappa shape index (κ1) is 22.2. The van der Waals surface area contributed by atoms with Crippen molar-refractivity contribution in [2.24, 2.45) is 0 Å². The number of rotatable bonds is 5. The van der Waals surface area contributed by atoms with E-state index in [4.69, 9.17) is 11.0 Å². The molecule has 0 saturated heterocycles. The maximum absolute atomic E-state index is 11.6. The van der Waals surface area contributed by atoms with Gasteiger partial charge in [0.15, 0.2) is 0 Å². The fourth-order valence-corrected chi connectivity index (χ4v) is 11.2. The first-order chi connectivity index (χ1) is 51.1. The Morgan fingerprint density at radius 1 is 0.513 bits per heavy atom. The molecule has 0 atom stereocenters. The highest BCUT2D eigenvalue weighted by Crippen LogP contribution is 2.53. The highest BCUT2D eigenvalue weighted by Gasteiger charge is 2.46. The third-order valence-corrected chi connectivity index (χ3v) is 14.7. The van der Waals surface area contributed by atoms with E-state index in [0.717, 1.165) is 9.47 Å². The van der Waals surface area contributed by atoms with Crippen LogP contribution in [0.15, 0.2) is 205 Å². The summed E-state index contributed by atoms with van der Waals surface area (Å²) in [6.45, 7) is 7.20. The van der Waals surface area contributed by atoms with Gasteiger partial charge in [-0.1, -0.05) is 162 Å². The Bertz CT molecular complexity index is 6380. The molecule has 0 fully saturated rings. The monoisotopic (exact) mass is 1030 g/mol. The van der Waals surface area contributed by atoms with Gasteiger partial charge < -0.3 is 19.3 Å². The Hall–Kier alpha value is -8.83. The van der Waals surface area contributed by atoms with Crippen molar-refractivity contribution in [2.75, 3.05) is 14.7 Å². The van der Waals surface area contributed by atoms with Crippen LogP contribution >= 0.6 is 11.3 Å². The van der Waals surface area contributed by atoms with Crippen molar-refractivity contribution in [1.29, 1.82) is 5.26 Å². The largest absolute Gasteiger partial charge is 0.311 e. The van der Waals surface area contributed by atoms with Crippen molar-refractivity contribution in [3.63, 3.8) is 0 Å². The molecule has 3 aliphatic rings. The number of nitriles is 1. The van der Waals surface area contributed by atoms with Crippen LogP contribution in [0.3, 0.4) is 0 Å². The number of para-hydroxylation sites is 3. The summed E-state index contributed by atoms with van der Waals surface area (Å²) in [6.07, 6.45) is 0. The van der Waals surface area contributed by atoms with Crippen LogP contribution in [0, 0.1) is 11.3 Å². The van der Waals surface area contributed by atoms with Gasteiger partial charge in [0.1, 0.15) is 0 Å². The molecule has 12 aromatic rings. The molecule has 0 spiro atoms. The topological polar surface area (TPSA) is 38.4 Å². The van der Waals surface area contributed by atoms with Crippen molar-refractivity contribution in [3.8, 4) is 22.9 Å². The summed E-state index contributed by atoms with van der Waals surface area (Å²) in [6, 6.07) is -29.9. The standard InChI is InChI=1S/C69H52BN5S/c1-68(2,3)44-26-32-46(33-27-44)72(47-34-28-45(29-35-47)69(4,5)6)49-36-37-55-60(40-49)73(48-30-24-43(25-31-48)50-16-11-18-54-52-15-8-10-23-63(52)76-67(50)54)61-38-42(41-71)39-62-64(61)70(55)56-19-13-22-59-66(56)75(62)58-21-12-17-53-51-14-7-9-20-57(51)74(59)65(53)58/h7-40H,1-6H3/i7D,8D,9D,10D,11D,12D,13D,14D,15D,16D,17D,18D,19D,20D,21D,22D,23D,24D,25D,26D,27D,28D,29D,30D,31D,32D,33D,34D,35D,36D,37D,38D,39D,40D. The second-order valence-corrected chi connectivity index (χ2v) is 21.2. The molecule has 2 aromatic heterocycles. The van der Waals surface area contributed by atoms with Gasteiger partial charge in [-0.25, -0.2) is 0 Å². The summed E-state index contributed by atoms with van der Waals surface area (Å²) in [5.74, 6) is 0. The predicted molar refractivity (Wildman–Crippen MR) is 323 cm³/mol. The number of aromatic nitrogens is 1. The van der Waals surface area contributed by atoms with Crippen LogP contribution in [-0.4, -0.2) is 11.3 Å². The zero-order chi connectivity index (χ0) is 80.9. The smallest absolute Gasteiger partial charge is 0.252 e. The van der Waals surface area contributed by atoms with Crippen molar-refractivity contribution < 1.29 is 46.6 Å². The molecule has 7 heteroatoms. The van der Waals surface area contributed by atoms with E-state index >= 15 is 0 Å². The van der Waals surface area contributed by atoms with Gasteiger partial charge in [-0.05, 0) is 134 Å². The Labute approximate surface area is 495 Å². The van der Waals surface area contributed by atoms with Gasteiger partial charge in [0.05, 0.1) is 86.3 Å². The van der Waals surface area contributed by atoms with Crippen LogP contribution in [0.1, 0.15) is 105 Å². The van der Waals surface area contributed by atoms with Crippen LogP contribution in [0.25, 0.3) is 58.8 Å². The lowest BCUT2D eigenvalue weighted by molar-refractivity contribution is 0.590. The lowest BCUT2D eigenvalue weighted by Crippen LogP contribution is -2.61. The molecular weight excluding hydrogens is 942 g/mol. The molecule has 0 aliphatic carbocycles. The SMILES string of the molecule is [2H]c1c([2H])c2c3c(c1[2H])-n1c4c([2H])c([2H])c([2H])c([2H])c4c4c([2H])c([2H])c([2H])c(c41)N3c1c([2H])c(C#N)c([2H])c3c1B2c1c([2H])c([2H])c(N(c2c([2H])c([2H])c(C(C)(C)C)c([2H])c2[2H])c2c([2H])c([2H])c(C(C)(C)C)c([2H])c2[2H])c([2H])c1N3c1c([2H])c([2H])c(-c2c([2H])c([2H])c([2H])c3c2sc2c([2H])c([2H])c([2H])c([2H])c23)c([2H])c1[2H]. The number of hydrogen-bond donors (Lipinski definition) is 0. The predicted octanol–water partition coefficient (Wildman–Crippen LogP) is 17.2. The molecule has 0 bridgehead atoms. The minimum absolute atomic E-state index is 0.199. The van der Waals surface area contributed by atoms with Gasteiger partial charge in [-0.2, -0.15) is 5.26 Å². The molecule has 10 aromatic carbocycles. The van der Waals surface area contributed by atoms with Crippen LogP contribution in [-0.2, 0) is 10.8 Å². The highest BCUT2D eigenvalue weighted by molar-refractivity contribution is 7.26. The summed E-state index contributed by atoms with van der Waals surface area (Å²) >= 11 is 0.574. The molecule has 76 heavy (non-hydrogen) atoms. The van der Waals surface area contributed by atoms with E-state index in [9.17, 15) is 40.9 Å². The molecule has 0 unspecified atom stereocenters. The number of nitrogens with zero attached hydrogens (tertiary/aromatic N) is 5. The van der Waals surface area contributed by atoms with E-state index in [1.165, 1.54) is 0 Å². The van der Waals surface area contributed by atoms with Crippen molar-refractivity contribution in [1.82, 2.24) is 4.57 Å². The normalized spacial score (nSPS) is 19.6. The number of hydrogen-bond acceptors (Lipinski definition) is 5. The molecule has 15 rings (SSSR count). The maximum Gasteiger partial charge on any atom is 0.252 e. The van der Waals surface area contributed by atoms with E-state index in [2.05, 4.69) is 0 Å². The minimum atomic E-state index is -2.21. The fourth-order valence-electron chi connectivity index (χ4n) is 10.1. The minimum Gasteiger partial charge on any atom is -0.311 e. The van der Waals surface area contributed by atoms with Gasteiger partial charge in [0.2, 0.25) is 0 Å². The van der Waals surface area contributed by atoms with Crippen LogP contribution < -0.4 is 31.1 Å². The number of benzene rings is 10. The van der Waals surface area contributed by atoms with Gasteiger partial charge in [0, 0.05) is 70.8 Å². The van der Waals surface area contributed by atoms with E-state index in [-0.39, 0.29) is 31.3 Å². The van der Waals surface area contributed by atoms with Crippen LogP contribution in [0.2, 0.25) is 0 Å². The number of fused-ring (bicyclic) bond motifs is 12. The van der Waals surface area contributed by atoms with Crippen LogP contribution in [0.4, 0.5) is 51.2 Å². The summed E-state index contributed by atoms with van der Waals surface area (Å²) in [7, 11) is 0. The quantitative estimate of drug-likeness (QED) is 0.161. The van der Waals surface area contributed by atoms with E-state index in [1.54, 1.807) is 41.5 Å². The average Bonchev–Trinajstić information content (AvgIpc) is 1.62. The summed E-state index contributed by atoms with van der Waals surface area (Å²) < 4.78 is 331. The van der Waals surface area contributed by atoms with E-state index in [0.29, 0.717) is 21.1 Å². The second kappa shape index (κ2) is 16.1. The van der Waals surface area contributed by atoms with E-state index in [1.807, 2.05) is 6.07 Å². The molecular formula is C69H52BN5S. The Kier molecular flexibility index (Phi) is 4.69. The summed E-state index contributed by atoms with van der Waals surface area (Å²) in [4.78, 5) is 2.15. The zero-order valence-corrected chi connectivity index (χ0v) is 41.5. The molecule has 0 amide bonds. The van der Waals surface area contributed by atoms with Gasteiger partial charge in [0.25, 0.3) is 6.71 Å². The molecule has 5 nitrogen and oxygen atoms in total. The Morgan fingerprint density at radius 3 is 1.83 bits per heavy atom. The molecule has 0 radical (unpaired) electrons. The summed E-state index contributed by atoms with van der Waals surface area (Å²) in [5, 5.41) is 10.1. The zero-order valence-electron chi connectivity index (χ0n) is 74.7. The number of anilines is 9. The first-order valence-electron chi connectivity index (χ1n) is 40.7. The van der Waals surface area contributed by atoms with Crippen molar-refractivity contribution >= 4 is 128 Å². The third-order valence-electron chi connectivity index (χ3n) is 13.6. The lowest BCUT2D eigenvalue weighted by Gasteiger charge is -2.46. The van der Waals surface area contributed by atoms with Crippen molar-refractivity contribution in [3.05, 3.63) is 222 Å². The molecule has 362 valence electrons. The molecule has 5 heterocycles. The summed E-state index contributed by atoms with van der Waals surface area (Å²) in [5.41, 5.74) is -16.6. The highest BCUT2D eigenvalue weighted by atomic mass is 32.1. The maximum atomic E-state index is 11.6. The number of thiophene rings is 1. The fraction of sp³-hybridized carbons (Fsp3) is 0.116. The van der Waals surface area contributed by atoms with Crippen LogP contribution in [0.5, 0.6) is 0 Å². The van der Waals surface area contributed by atoms with Crippen molar-refractivity contribution in [2.45, 2.75) is 52.4 Å². The Balaban J connectivity index is 1.19. The van der Waals surface area contributed by atoms with E-state index < -0.39 is 335 Å². The second-order valence-electron chi connectivity index (χ2n) is 20.2. The average molecular weight is 1030 g/mol. The van der Waals surface area contributed by atoms with Gasteiger partial charge in [-0.3, -0.25) is 0 Å². The van der Waals surface area contributed by atoms with Gasteiger partial charge >= 0.3 is 0 Å².